The van der Waals surface area contributed by atoms with Crippen molar-refractivity contribution in [3.63, 3.8) is 0 Å². The van der Waals surface area contributed by atoms with E-state index in [0.717, 1.165) is 55.5 Å². The van der Waals surface area contributed by atoms with Gasteiger partial charge in [0.2, 0.25) is 0 Å². The third kappa shape index (κ3) is 3.68. The van der Waals surface area contributed by atoms with Crippen molar-refractivity contribution in [3.05, 3.63) is 10.4 Å². The summed E-state index contributed by atoms with van der Waals surface area (Å²) in [5, 5.41) is 4.42. The molecule has 3 rings (SSSR count). The van der Waals surface area contributed by atoms with Crippen LogP contribution in [0.3, 0.4) is 0 Å². The third-order valence-electron chi connectivity index (χ3n) is 3.99. The average molecular weight is 309 g/mol. The number of nitrogens with one attached hydrogen (secondary N) is 1. The molecule has 0 bridgehead atoms. The van der Waals surface area contributed by atoms with Crippen molar-refractivity contribution in [2.45, 2.75) is 38.0 Å². The number of ether oxygens (including phenoxy) is 1. The van der Waals surface area contributed by atoms with Crippen molar-refractivity contribution in [3.8, 4) is 0 Å². The quantitative estimate of drug-likeness (QED) is 0.611. The zero-order valence-corrected chi connectivity index (χ0v) is 13.0. The number of rotatable bonds is 9. The lowest BCUT2D eigenvalue weighted by atomic mass is 10.1. The minimum Gasteiger partial charge on any atom is -0.397 e. The maximum absolute atomic E-state index is 11.4. The Morgan fingerprint density at radius 1 is 1.33 bits per heavy atom. The SMILES string of the molecule is NC(=O)c1sc(NCCCOCC2CC2)c(C2CC2)c1N. The lowest BCUT2D eigenvalue weighted by Gasteiger charge is -2.08. The first-order chi connectivity index (χ1) is 10.2. The van der Waals surface area contributed by atoms with Crippen LogP contribution < -0.4 is 16.8 Å². The van der Waals surface area contributed by atoms with Crippen molar-refractivity contribution in [2.75, 3.05) is 30.8 Å². The Balaban J connectivity index is 1.51. The standard InChI is InChI=1S/C15H23N3O2S/c16-12-11(10-4-5-10)15(21-13(12)14(17)19)18-6-1-7-20-8-9-2-3-9/h9-10,18H,1-8,16H2,(H2,17,19). The lowest BCUT2D eigenvalue weighted by Crippen LogP contribution is -2.11. The van der Waals surface area contributed by atoms with Crippen LogP contribution in [-0.2, 0) is 4.74 Å². The van der Waals surface area contributed by atoms with E-state index in [9.17, 15) is 4.79 Å². The Hall–Kier alpha value is -1.27. The molecule has 0 radical (unpaired) electrons. The number of anilines is 2. The van der Waals surface area contributed by atoms with E-state index >= 15 is 0 Å². The van der Waals surface area contributed by atoms with Gasteiger partial charge in [-0.25, -0.2) is 0 Å². The summed E-state index contributed by atoms with van der Waals surface area (Å²) in [5.41, 5.74) is 13.2. The van der Waals surface area contributed by atoms with Gasteiger partial charge < -0.3 is 21.5 Å². The van der Waals surface area contributed by atoms with Gasteiger partial charge in [-0.3, -0.25) is 4.79 Å². The molecule has 1 heterocycles. The minimum atomic E-state index is -0.430. The number of carbonyl (C=O) groups is 1. The Bertz CT molecular complexity index is 521. The van der Waals surface area contributed by atoms with Crippen molar-refractivity contribution in [1.29, 1.82) is 0 Å². The van der Waals surface area contributed by atoms with Gasteiger partial charge in [-0.2, -0.15) is 0 Å². The van der Waals surface area contributed by atoms with Gasteiger partial charge in [-0.1, -0.05) is 0 Å². The van der Waals surface area contributed by atoms with Crippen LogP contribution in [0.25, 0.3) is 0 Å². The van der Waals surface area contributed by atoms with Crippen LogP contribution in [-0.4, -0.2) is 25.7 Å². The Morgan fingerprint density at radius 3 is 2.71 bits per heavy atom. The van der Waals surface area contributed by atoms with Crippen LogP contribution in [0.15, 0.2) is 0 Å². The van der Waals surface area contributed by atoms with Crippen molar-refractivity contribution in [1.82, 2.24) is 0 Å². The van der Waals surface area contributed by atoms with Crippen LogP contribution in [0.1, 0.15) is 53.3 Å². The Kier molecular flexibility index (Phi) is 4.35. The third-order valence-corrected chi connectivity index (χ3v) is 5.19. The molecule has 0 atom stereocenters. The molecule has 2 saturated carbocycles. The molecule has 1 aromatic heterocycles. The summed E-state index contributed by atoms with van der Waals surface area (Å²) in [5.74, 6) is 0.887. The largest absolute Gasteiger partial charge is 0.397 e. The molecule has 0 saturated heterocycles. The van der Waals surface area contributed by atoms with E-state index in [2.05, 4.69) is 5.32 Å². The fourth-order valence-electron chi connectivity index (χ4n) is 2.46. The molecule has 116 valence electrons. The molecule has 1 aromatic rings. The molecule has 0 spiro atoms. The summed E-state index contributed by atoms with van der Waals surface area (Å²) >= 11 is 1.39. The van der Waals surface area contributed by atoms with Gasteiger partial charge in [0.1, 0.15) is 4.88 Å². The Morgan fingerprint density at radius 2 is 2.10 bits per heavy atom. The molecular weight excluding hydrogens is 286 g/mol. The summed E-state index contributed by atoms with van der Waals surface area (Å²) in [6.07, 6.45) is 5.91. The summed E-state index contributed by atoms with van der Waals surface area (Å²) in [6, 6.07) is 0. The van der Waals surface area contributed by atoms with Crippen molar-refractivity contribution < 1.29 is 9.53 Å². The average Bonchev–Trinajstić information content (AvgIpc) is 3.34. The smallest absolute Gasteiger partial charge is 0.260 e. The number of hydrogen-bond acceptors (Lipinski definition) is 5. The van der Waals surface area contributed by atoms with E-state index in [0.29, 0.717) is 16.5 Å². The summed E-state index contributed by atoms with van der Waals surface area (Å²) < 4.78 is 5.62. The van der Waals surface area contributed by atoms with Gasteiger partial charge in [-0.05, 0) is 43.9 Å². The normalized spacial score (nSPS) is 17.9. The van der Waals surface area contributed by atoms with Crippen LogP contribution in [0.4, 0.5) is 10.7 Å². The highest BCUT2D eigenvalue weighted by Gasteiger charge is 2.32. The van der Waals surface area contributed by atoms with Gasteiger partial charge >= 0.3 is 0 Å². The summed E-state index contributed by atoms with van der Waals surface area (Å²) in [4.78, 5) is 11.9. The number of carbonyl (C=O) groups excluding carboxylic acids is 1. The fraction of sp³-hybridized carbons (Fsp3) is 0.667. The second-order valence-corrected chi connectivity index (χ2v) is 7.05. The summed E-state index contributed by atoms with van der Waals surface area (Å²) in [7, 11) is 0. The van der Waals surface area contributed by atoms with E-state index < -0.39 is 5.91 Å². The van der Waals surface area contributed by atoms with Crippen LogP contribution >= 0.6 is 11.3 Å². The monoisotopic (exact) mass is 309 g/mol. The zero-order valence-electron chi connectivity index (χ0n) is 12.2. The second kappa shape index (κ2) is 6.23. The first-order valence-electron chi connectivity index (χ1n) is 7.70. The molecule has 5 N–H and O–H groups in total. The molecule has 0 aliphatic heterocycles. The molecule has 2 aliphatic carbocycles. The highest BCUT2D eigenvalue weighted by atomic mass is 32.1. The molecule has 6 heteroatoms. The van der Waals surface area contributed by atoms with E-state index in [1.165, 1.54) is 24.2 Å². The molecule has 2 fully saturated rings. The van der Waals surface area contributed by atoms with Gasteiger partial charge in [0.05, 0.1) is 10.7 Å². The first-order valence-corrected chi connectivity index (χ1v) is 8.52. The first kappa shape index (κ1) is 14.7. The molecule has 2 aliphatic rings. The van der Waals surface area contributed by atoms with E-state index in [1.54, 1.807) is 0 Å². The maximum Gasteiger partial charge on any atom is 0.260 e. The predicted octanol–water partition coefficient (Wildman–Crippen LogP) is 2.54. The Labute approximate surface area is 129 Å². The van der Waals surface area contributed by atoms with Gasteiger partial charge in [-0.15, -0.1) is 11.3 Å². The van der Waals surface area contributed by atoms with Crippen LogP contribution in [0.2, 0.25) is 0 Å². The van der Waals surface area contributed by atoms with Gasteiger partial charge in [0, 0.05) is 25.3 Å². The molecule has 1 amide bonds. The number of hydrogen-bond donors (Lipinski definition) is 3. The van der Waals surface area contributed by atoms with Gasteiger partial charge in [0.25, 0.3) is 5.91 Å². The molecular formula is C15H23N3O2S. The highest BCUT2D eigenvalue weighted by Crippen LogP contribution is 2.50. The molecule has 5 nitrogen and oxygen atoms in total. The van der Waals surface area contributed by atoms with E-state index in [4.69, 9.17) is 16.2 Å². The topological polar surface area (TPSA) is 90.4 Å². The zero-order chi connectivity index (χ0) is 14.8. The second-order valence-electron chi connectivity index (χ2n) is 6.02. The molecule has 21 heavy (non-hydrogen) atoms. The number of thiophene rings is 1. The van der Waals surface area contributed by atoms with Crippen LogP contribution in [0, 0.1) is 5.92 Å². The fourth-order valence-corrected chi connectivity index (χ4v) is 3.54. The minimum absolute atomic E-state index is 0.430. The maximum atomic E-state index is 11.4. The number of nitrogens with two attached hydrogens (primary N) is 2. The van der Waals surface area contributed by atoms with Crippen molar-refractivity contribution >= 4 is 27.9 Å². The van der Waals surface area contributed by atoms with E-state index in [1.807, 2.05) is 0 Å². The molecule has 0 aromatic carbocycles. The number of amides is 1. The van der Waals surface area contributed by atoms with Gasteiger partial charge in [0.15, 0.2) is 0 Å². The van der Waals surface area contributed by atoms with Crippen LogP contribution in [0.5, 0.6) is 0 Å². The predicted molar refractivity (Wildman–Crippen MR) is 85.9 cm³/mol. The number of primary amides is 1. The highest BCUT2D eigenvalue weighted by molar-refractivity contribution is 7.18. The summed E-state index contributed by atoms with van der Waals surface area (Å²) in [6.45, 7) is 2.53. The van der Waals surface area contributed by atoms with Crippen molar-refractivity contribution in [2.24, 2.45) is 11.7 Å². The molecule has 0 unspecified atom stereocenters. The van der Waals surface area contributed by atoms with E-state index in [-0.39, 0.29) is 0 Å². The lowest BCUT2D eigenvalue weighted by molar-refractivity contribution is 0.100. The number of nitrogen functional groups attached to an aromatic ring is 1.